The van der Waals surface area contributed by atoms with E-state index in [1.807, 2.05) is 18.2 Å². The summed E-state index contributed by atoms with van der Waals surface area (Å²) in [5, 5.41) is 4.00. The van der Waals surface area contributed by atoms with Gasteiger partial charge in [-0.15, -0.1) is 0 Å². The zero-order valence-electron chi connectivity index (χ0n) is 25.3. The molecule has 234 valence electrons. The molecule has 1 aliphatic carbocycles. The molecular weight excluding hydrogens is 593 g/mol. The number of ether oxygens (including phenoxy) is 2. The van der Waals surface area contributed by atoms with Gasteiger partial charge in [0, 0.05) is 61.7 Å². The van der Waals surface area contributed by atoms with E-state index in [2.05, 4.69) is 44.0 Å². The normalized spacial score (nSPS) is 26.6. The van der Waals surface area contributed by atoms with Crippen molar-refractivity contribution < 1.29 is 18.7 Å². The van der Waals surface area contributed by atoms with Gasteiger partial charge in [-0.25, -0.2) is 14.4 Å². The van der Waals surface area contributed by atoms with Crippen molar-refractivity contribution >= 4 is 39.8 Å². The number of likely N-dealkylation sites (tertiary alicyclic amines) is 2. The summed E-state index contributed by atoms with van der Waals surface area (Å²) in [7, 11) is 2.20. The van der Waals surface area contributed by atoms with E-state index < -0.39 is 5.82 Å². The Balaban J connectivity index is 1.13. The third-order valence-electron chi connectivity index (χ3n) is 9.46. The standard InChI is InChI=1S/C35H37ClFN5O3/c1-41-17-25-11-22(12-26(25)18-41)4-5-23-15-32-29(35(39-21-38-32)40-27-6-7-31(37)30(36)16-27)14-24(23)13-28(43)3-2-8-42-19-33-34(20-42)45-10-9-44-33/h2-3,6-7,14-16,21-22,25-26,33-34H,8-13,17-20H2,1H3,(H,38,39,40)/b3-2+. The van der Waals surface area contributed by atoms with Gasteiger partial charge in [0.2, 0.25) is 0 Å². The Labute approximate surface area is 267 Å². The molecule has 2 aromatic carbocycles. The quantitative estimate of drug-likeness (QED) is 0.293. The Bertz CT molecular complexity index is 1660. The number of hydrogen-bond acceptors (Lipinski definition) is 8. The van der Waals surface area contributed by atoms with Crippen LogP contribution in [0, 0.1) is 35.4 Å². The number of carbonyl (C=O) groups is 1. The van der Waals surface area contributed by atoms with Gasteiger partial charge in [0.05, 0.1) is 36.0 Å². The van der Waals surface area contributed by atoms with E-state index in [4.69, 9.17) is 21.1 Å². The van der Waals surface area contributed by atoms with Gasteiger partial charge in [0.1, 0.15) is 18.0 Å². The van der Waals surface area contributed by atoms with E-state index in [1.54, 1.807) is 12.1 Å². The Kier molecular flexibility index (Phi) is 8.85. The van der Waals surface area contributed by atoms with Crippen LogP contribution in [0.3, 0.4) is 0 Å². The van der Waals surface area contributed by atoms with Crippen LogP contribution in [0.2, 0.25) is 5.02 Å². The summed E-state index contributed by atoms with van der Waals surface area (Å²) in [5.74, 6) is 8.84. The number of nitrogens with zero attached hydrogens (tertiary/aromatic N) is 4. The molecule has 0 amide bonds. The van der Waals surface area contributed by atoms with E-state index >= 15 is 0 Å². The van der Waals surface area contributed by atoms with Crippen molar-refractivity contribution in [3.05, 3.63) is 70.8 Å². The lowest BCUT2D eigenvalue weighted by Gasteiger charge is -2.24. The van der Waals surface area contributed by atoms with Gasteiger partial charge in [-0.3, -0.25) is 9.69 Å². The molecule has 0 bridgehead atoms. The molecule has 0 spiro atoms. The molecule has 0 radical (unpaired) electrons. The monoisotopic (exact) mass is 629 g/mol. The van der Waals surface area contributed by atoms with E-state index in [1.165, 1.54) is 18.5 Å². The lowest BCUT2D eigenvalue weighted by atomic mass is 9.98. The molecule has 3 aromatic rings. The van der Waals surface area contributed by atoms with Crippen LogP contribution in [-0.4, -0.2) is 90.7 Å². The number of fused-ring (bicyclic) bond motifs is 3. The van der Waals surface area contributed by atoms with E-state index in [9.17, 15) is 9.18 Å². The van der Waals surface area contributed by atoms with Gasteiger partial charge >= 0.3 is 0 Å². The van der Waals surface area contributed by atoms with Crippen LogP contribution in [0.15, 0.2) is 48.8 Å². The fourth-order valence-electron chi connectivity index (χ4n) is 7.32. The number of hydrogen-bond donors (Lipinski definition) is 1. The zero-order valence-corrected chi connectivity index (χ0v) is 26.1. The number of anilines is 2. The summed E-state index contributed by atoms with van der Waals surface area (Å²) in [6.07, 6.45) is 7.74. The smallest absolute Gasteiger partial charge is 0.159 e. The molecule has 8 nitrogen and oxygen atoms in total. The fraction of sp³-hybridized carbons (Fsp3) is 0.457. The van der Waals surface area contributed by atoms with Crippen LogP contribution < -0.4 is 5.32 Å². The Morgan fingerprint density at radius 1 is 1.09 bits per heavy atom. The minimum absolute atomic E-state index is 0.00313. The molecule has 3 saturated heterocycles. The summed E-state index contributed by atoms with van der Waals surface area (Å²) < 4.78 is 25.4. The van der Waals surface area contributed by atoms with E-state index in [0.29, 0.717) is 42.7 Å². The maximum Gasteiger partial charge on any atom is 0.159 e. The van der Waals surface area contributed by atoms with Gasteiger partial charge in [-0.1, -0.05) is 29.5 Å². The predicted octanol–water partition coefficient (Wildman–Crippen LogP) is 4.87. The number of allylic oxidation sites excluding steroid dienone is 1. The van der Waals surface area contributed by atoms with Gasteiger partial charge < -0.3 is 19.7 Å². The summed E-state index contributed by atoms with van der Waals surface area (Å²) in [6, 6.07) is 8.34. The molecule has 4 aliphatic rings. The number of rotatable bonds is 7. The average Bonchev–Trinajstić information content (AvgIpc) is 3.70. The van der Waals surface area contributed by atoms with Crippen molar-refractivity contribution in [1.82, 2.24) is 19.8 Å². The number of benzene rings is 2. The molecule has 4 fully saturated rings. The molecule has 1 N–H and O–H groups in total. The first-order valence-corrected chi connectivity index (χ1v) is 16.1. The van der Waals surface area contributed by atoms with Gasteiger partial charge in [-0.05, 0) is 73.7 Å². The van der Waals surface area contributed by atoms with Gasteiger partial charge in [0.15, 0.2) is 5.78 Å². The van der Waals surface area contributed by atoms with E-state index in [0.717, 1.165) is 67.4 Å². The SMILES string of the molecule is CN1CC2CC(C#Cc3cc4ncnc(Nc5ccc(F)c(Cl)c5)c4cc3CC(=O)/C=C/CN3CC4OCCOC4C3)CC2C1. The van der Waals surface area contributed by atoms with Crippen LogP contribution in [0.1, 0.15) is 24.0 Å². The predicted molar refractivity (Wildman–Crippen MR) is 172 cm³/mol. The number of halogens is 2. The first kappa shape index (κ1) is 30.3. The first-order chi connectivity index (χ1) is 21.9. The number of carbonyl (C=O) groups excluding carboxylic acids is 1. The Hall–Kier alpha value is -3.39. The number of ketones is 1. The maximum absolute atomic E-state index is 13.8. The number of nitrogens with one attached hydrogen (secondary N) is 1. The molecular formula is C35H37ClFN5O3. The highest BCUT2D eigenvalue weighted by atomic mass is 35.5. The Morgan fingerprint density at radius 2 is 1.84 bits per heavy atom. The maximum atomic E-state index is 13.8. The van der Waals surface area contributed by atoms with Crippen LogP contribution in [0.4, 0.5) is 15.9 Å². The average molecular weight is 630 g/mol. The van der Waals surface area contributed by atoms with Gasteiger partial charge in [-0.2, -0.15) is 0 Å². The molecule has 45 heavy (non-hydrogen) atoms. The second-order valence-corrected chi connectivity index (χ2v) is 13.2. The highest BCUT2D eigenvalue weighted by Gasteiger charge is 2.39. The lowest BCUT2D eigenvalue weighted by molar-refractivity contribution is -0.116. The van der Waals surface area contributed by atoms with Crippen molar-refractivity contribution in [2.45, 2.75) is 31.5 Å². The third kappa shape index (κ3) is 6.91. The Morgan fingerprint density at radius 3 is 2.58 bits per heavy atom. The van der Waals surface area contributed by atoms with E-state index in [-0.39, 0.29) is 29.4 Å². The second kappa shape index (κ2) is 13.1. The van der Waals surface area contributed by atoms with Crippen LogP contribution in [0.5, 0.6) is 0 Å². The third-order valence-corrected chi connectivity index (χ3v) is 9.75. The van der Waals surface area contributed by atoms with Crippen LogP contribution in [0.25, 0.3) is 10.9 Å². The molecule has 4 heterocycles. The van der Waals surface area contributed by atoms with Gasteiger partial charge in [0.25, 0.3) is 0 Å². The molecule has 3 aliphatic heterocycles. The minimum Gasteiger partial charge on any atom is -0.372 e. The highest BCUT2D eigenvalue weighted by Crippen LogP contribution is 2.40. The zero-order chi connectivity index (χ0) is 30.9. The second-order valence-electron chi connectivity index (χ2n) is 12.8. The minimum atomic E-state index is -0.491. The highest BCUT2D eigenvalue weighted by molar-refractivity contribution is 6.31. The van der Waals surface area contributed by atoms with Crippen molar-refractivity contribution in [3.8, 4) is 11.8 Å². The molecule has 4 atom stereocenters. The van der Waals surface area contributed by atoms with Crippen LogP contribution >= 0.6 is 11.6 Å². The molecule has 4 unspecified atom stereocenters. The van der Waals surface area contributed by atoms with Crippen molar-refractivity contribution in [1.29, 1.82) is 0 Å². The fourth-order valence-corrected chi connectivity index (χ4v) is 7.50. The number of aromatic nitrogens is 2. The molecule has 1 aromatic heterocycles. The summed E-state index contributed by atoms with van der Waals surface area (Å²) in [4.78, 5) is 26.9. The summed E-state index contributed by atoms with van der Waals surface area (Å²) in [6.45, 7) is 5.85. The molecule has 1 saturated carbocycles. The van der Waals surface area contributed by atoms with Crippen molar-refractivity contribution in [2.75, 3.05) is 58.3 Å². The van der Waals surface area contributed by atoms with Crippen molar-refractivity contribution in [3.63, 3.8) is 0 Å². The summed E-state index contributed by atoms with van der Waals surface area (Å²) >= 11 is 6.02. The largest absolute Gasteiger partial charge is 0.372 e. The summed E-state index contributed by atoms with van der Waals surface area (Å²) in [5.41, 5.74) is 2.94. The first-order valence-electron chi connectivity index (χ1n) is 15.7. The molecule has 7 rings (SSSR count). The van der Waals surface area contributed by atoms with Crippen molar-refractivity contribution in [2.24, 2.45) is 17.8 Å². The lowest BCUT2D eigenvalue weighted by Crippen LogP contribution is -2.36. The van der Waals surface area contributed by atoms with Crippen LogP contribution in [-0.2, 0) is 20.7 Å². The topological polar surface area (TPSA) is 79.8 Å². The molecule has 10 heteroatoms.